The van der Waals surface area contributed by atoms with E-state index in [1.165, 1.54) is 12.3 Å². The highest BCUT2D eigenvalue weighted by atomic mass is 16.3. The van der Waals surface area contributed by atoms with Crippen molar-refractivity contribution in [3.8, 4) is 5.75 Å². The zero-order valence-electron chi connectivity index (χ0n) is 8.13. The van der Waals surface area contributed by atoms with Gasteiger partial charge in [0.25, 0.3) is 5.91 Å². The van der Waals surface area contributed by atoms with E-state index in [2.05, 4.69) is 4.98 Å². The summed E-state index contributed by atoms with van der Waals surface area (Å²) in [5.41, 5.74) is 0.0777. The first kappa shape index (κ1) is 9.92. The van der Waals surface area contributed by atoms with E-state index >= 15 is 0 Å². The van der Waals surface area contributed by atoms with Crippen LogP contribution in [0.5, 0.6) is 5.75 Å². The minimum atomic E-state index is -0.280. The summed E-state index contributed by atoms with van der Waals surface area (Å²) in [5, 5.41) is 18.2. The number of amides is 1. The maximum atomic E-state index is 11.7. The first-order valence-corrected chi connectivity index (χ1v) is 4.76. The molecular weight excluding hydrogens is 196 g/mol. The van der Waals surface area contributed by atoms with E-state index < -0.39 is 0 Å². The van der Waals surface area contributed by atoms with Crippen LogP contribution >= 0.6 is 0 Å². The average molecular weight is 208 g/mol. The summed E-state index contributed by atoms with van der Waals surface area (Å²) >= 11 is 0. The molecule has 5 nitrogen and oxygen atoms in total. The lowest BCUT2D eigenvalue weighted by atomic mass is 10.0. The van der Waals surface area contributed by atoms with Gasteiger partial charge in [0.15, 0.2) is 5.69 Å². The molecule has 1 amide bonds. The molecule has 5 heteroatoms. The number of aromatic hydroxyl groups is 1. The third-order valence-corrected chi connectivity index (χ3v) is 2.49. The van der Waals surface area contributed by atoms with Gasteiger partial charge in [0.05, 0.1) is 0 Å². The molecule has 0 spiro atoms. The Kier molecular flexibility index (Phi) is 2.55. The summed E-state index contributed by atoms with van der Waals surface area (Å²) in [6.45, 7) is 1.16. The lowest BCUT2D eigenvalue weighted by molar-refractivity contribution is 0.0354. The second-order valence-electron chi connectivity index (χ2n) is 3.63. The van der Waals surface area contributed by atoms with Crippen LogP contribution in [0.25, 0.3) is 0 Å². The molecule has 1 aromatic rings. The average Bonchev–Trinajstić information content (AvgIpc) is 2.16. The van der Waals surface area contributed by atoms with Gasteiger partial charge >= 0.3 is 0 Å². The standard InChI is InChI=1S/C10H12N2O3/c13-6-7-4-12(5-7)10(15)9-8(14)2-1-3-11-9/h1-3,7,13-14H,4-6H2. The Balaban J connectivity index is 2.07. The molecule has 1 aromatic heterocycles. The second-order valence-corrected chi connectivity index (χ2v) is 3.63. The lowest BCUT2D eigenvalue weighted by Gasteiger charge is -2.37. The zero-order chi connectivity index (χ0) is 10.8. The summed E-state index contributed by atoms with van der Waals surface area (Å²) in [6, 6.07) is 3.00. The van der Waals surface area contributed by atoms with Gasteiger partial charge in [0, 0.05) is 31.8 Å². The van der Waals surface area contributed by atoms with Gasteiger partial charge in [-0.2, -0.15) is 0 Å². The number of aliphatic hydroxyl groups is 1. The Morgan fingerprint density at radius 1 is 1.60 bits per heavy atom. The minimum absolute atomic E-state index is 0.0777. The summed E-state index contributed by atoms with van der Waals surface area (Å²) in [7, 11) is 0. The summed E-state index contributed by atoms with van der Waals surface area (Å²) in [6.07, 6.45) is 1.47. The van der Waals surface area contributed by atoms with Crippen LogP contribution in [-0.4, -0.2) is 45.7 Å². The Labute approximate surface area is 87.0 Å². The van der Waals surface area contributed by atoms with E-state index in [9.17, 15) is 9.90 Å². The Morgan fingerprint density at radius 3 is 2.93 bits per heavy atom. The first-order valence-electron chi connectivity index (χ1n) is 4.76. The third kappa shape index (κ3) is 1.78. The topological polar surface area (TPSA) is 73.7 Å². The van der Waals surface area contributed by atoms with Crippen molar-refractivity contribution in [2.75, 3.05) is 19.7 Å². The van der Waals surface area contributed by atoms with E-state index in [-0.39, 0.29) is 29.9 Å². The number of carbonyl (C=O) groups excluding carboxylic acids is 1. The molecule has 15 heavy (non-hydrogen) atoms. The highest BCUT2D eigenvalue weighted by Crippen LogP contribution is 2.21. The molecule has 1 fully saturated rings. The molecule has 1 aliphatic heterocycles. The van der Waals surface area contributed by atoms with Crippen molar-refractivity contribution in [1.82, 2.24) is 9.88 Å². The predicted octanol–water partition coefficient (Wildman–Crippen LogP) is -0.149. The summed E-state index contributed by atoms with van der Waals surface area (Å²) in [4.78, 5) is 17.1. The monoisotopic (exact) mass is 208 g/mol. The van der Waals surface area contributed by atoms with Gasteiger partial charge in [-0.3, -0.25) is 4.79 Å². The van der Waals surface area contributed by atoms with Crippen molar-refractivity contribution in [2.24, 2.45) is 5.92 Å². The molecule has 1 aliphatic rings. The van der Waals surface area contributed by atoms with Crippen LogP contribution in [0.2, 0.25) is 0 Å². The molecule has 0 bridgehead atoms. The maximum absolute atomic E-state index is 11.7. The molecule has 0 aromatic carbocycles. The fourth-order valence-electron chi connectivity index (χ4n) is 1.56. The summed E-state index contributed by atoms with van der Waals surface area (Å²) in [5.74, 6) is -0.215. The van der Waals surface area contributed by atoms with Crippen LogP contribution in [0, 0.1) is 5.92 Å². The van der Waals surface area contributed by atoms with Gasteiger partial charge in [-0.1, -0.05) is 0 Å². The van der Waals surface area contributed by atoms with Crippen LogP contribution < -0.4 is 0 Å². The number of rotatable bonds is 2. The molecule has 2 heterocycles. The fourth-order valence-corrected chi connectivity index (χ4v) is 1.56. The number of nitrogens with zero attached hydrogens (tertiary/aromatic N) is 2. The van der Waals surface area contributed by atoms with E-state index in [4.69, 9.17) is 5.11 Å². The van der Waals surface area contributed by atoms with Gasteiger partial charge < -0.3 is 15.1 Å². The molecule has 0 radical (unpaired) electrons. The zero-order valence-corrected chi connectivity index (χ0v) is 8.13. The fraction of sp³-hybridized carbons (Fsp3) is 0.400. The number of likely N-dealkylation sites (tertiary alicyclic amines) is 1. The van der Waals surface area contributed by atoms with Crippen LogP contribution in [0.15, 0.2) is 18.3 Å². The van der Waals surface area contributed by atoms with Crippen molar-refractivity contribution >= 4 is 5.91 Å². The lowest BCUT2D eigenvalue weighted by Crippen LogP contribution is -2.51. The highest BCUT2D eigenvalue weighted by Gasteiger charge is 2.32. The molecule has 2 rings (SSSR count). The quantitative estimate of drug-likeness (QED) is 0.709. The Bertz CT molecular complexity index is 375. The third-order valence-electron chi connectivity index (χ3n) is 2.49. The van der Waals surface area contributed by atoms with Crippen LogP contribution in [0.4, 0.5) is 0 Å². The molecule has 0 atom stereocenters. The smallest absolute Gasteiger partial charge is 0.276 e. The van der Waals surface area contributed by atoms with E-state index in [0.29, 0.717) is 13.1 Å². The predicted molar refractivity (Wildman–Crippen MR) is 52.4 cm³/mol. The van der Waals surface area contributed by atoms with E-state index in [0.717, 1.165) is 0 Å². The van der Waals surface area contributed by atoms with Crippen molar-refractivity contribution in [2.45, 2.75) is 0 Å². The SMILES string of the molecule is O=C(c1ncccc1O)N1CC(CO)C1. The number of aromatic nitrogens is 1. The molecule has 0 saturated carbocycles. The van der Waals surface area contributed by atoms with Gasteiger partial charge in [-0.25, -0.2) is 4.98 Å². The molecule has 0 aliphatic carbocycles. The number of pyridine rings is 1. The molecule has 2 N–H and O–H groups in total. The van der Waals surface area contributed by atoms with Crippen molar-refractivity contribution in [3.05, 3.63) is 24.0 Å². The number of aliphatic hydroxyl groups excluding tert-OH is 1. The van der Waals surface area contributed by atoms with Crippen LogP contribution in [0.1, 0.15) is 10.5 Å². The molecule has 0 unspecified atom stereocenters. The molecule has 80 valence electrons. The van der Waals surface area contributed by atoms with Crippen molar-refractivity contribution in [3.63, 3.8) is 0 Å². The van der Waals surface area contributed by atoms with Crippen LogP contribution in [0.3, 0.4) is 0 Å². The highest BCUT2D eigenvalue weighted by molar-refractivity contribution is 5.95. The van der Waals surface area contributed by atoms with Gasteiger partial charge in [-0.05, 0) is 12.1 Å². The Hall–Kier alpha value is -1.62. The van der Waals surface area contributed by atoms with Crippen molar-refractivity contribution < 1.29 is 15.0 Å². The van der Waals surface area contributed by atoms with Gasteiger partial charge in [-0.15, -0.1) is 0 Å². The van der Waals surface area contributed by atoms with Gasteiger partial charge in [0.1, 0.15) is 5.75 Å². The number of hydrogen-bond donors (Lipinski definition) is 2. The largest absolute Gasteiger partial charge is 0.505 e. The second kappa shape index (κ2) is 3.86. The van der Waals surface area contributed by atoms with Crippen LogP contribution in [-0.2, 0) is 0 Å². The van der Waals surface area contributed by atoms with E-state index in [1.807, 2.05) is 0 Å². The molecule has 1 saturated heterocycles. The maximum Gasteiger partial charge on any atom is 0.276 e. The van der Waals surface area contributed by atoms with Crippen molar-refractivity contribution in [1.29, 1.82) is 0 Å². The van der Waals surface area contributed by atoms with Gasteiger partial charge in [0.2, 0.25) is 0 Å². The first-order chi connectivity index (χ1) is 7.22. The number of carbonyl (C=O) groups is 1. The van der Waals surface area contributed by atoms with E-state index in [1.54, 1.807) is 11.0 Å². The Morgan fingerprint density at radius 2 is 2.33 bits per heavy atom. The normalized spacial score (nSPS) is 16.2. The molecular formula is C10H12N2O3. The number of hydrogen-bond acceptors (Lipinski definition) is 4. The summed E-state index contributed by atoms with van der Waals surface area (Å²) < 4.78 is 0. The minimum Gasteiger partial charge on any atom is -0.505 e.